The number of rotatable bonds is 4. The Bertz CT molecular complexity index is 975. The molecule has 1 aromatic heterocycles. The summed E-state index contributed by atoms with van der Waals surface area (Å²) in [4.78, 5) is 3.72. The summed E-state index contributed by atoms with van der Waals surface area (Å²) in [6.07, 6.45) is 6.66. The molecule has 0 radical (unpaired) electrons. The van der Waals surface area contributed by atoms with Crippen molar-refractivity contribution in [1.29, 1.82) is 0 Å². The summed E-state index contributed by atoms with van der Waals surface area (Å²) in [6, 6.07) is 17.2. The summed E-state index contributed by atoms with van der Waals surface area (Å²) < 4.78 is 3.72. The van der Waals surface area contributed by atoms with Crippen LogP contribution in [0.1, 0.15) is 18.9 Å². The number of nitrogens with zero attached hydrogens (tertiary/aromatic N) is 2. The van der Waals surface area contributed by atoms with Gasteiger partial charge in [-0.1, -0.05) is 53.4 Å². The fraction of sp³-hybridized carbons (Fsp3) is 0.190. The van der Waals surface area contributed by atoms with Gasteiger partial charge in [0.15, 0.2) is 0 Å². The lowest BCUT2D eigenvalue weighted by Crippen LogP contribution is -3.00. The molecule has 0 fully saturated rings. The topological polar surface area (TPSA) is 7.12 Å². The first-order valence-corrected chi connectivity index (χ1v) is 10.3. The van der Waals surface area contributed by atoms with Crippen molar-refractivity contribution in [3.8, 4) is 0 Å². The van der Waals surface area contributed by atoms with E-state index in [1.165, 1.54) is 30.8 Å². The monoisotopic (exact) mass is 492 g/mol. The molecule has 0 amide bonds. The van der Waals surface area contributed by atoms with Crippen molar-refractivity contribution < 1.29 is 28.5 Å². The van der Waals surface area contributed by atoms with Crippen molar-refractivity contribution >= 4 is 45.1 Å². The zero-order valence-electron chi connectivity index (χ0n) is 14.9. The van der Waals surface area contributed by atoms with Gasteiger partial charge in [0.05, 0.1) is 10.7 Å². The molecule has 5 heteroatoms. The summed E-state index contributed by atoms with van der Waals surface area (Å²) in [5.74, 6) is 0. The molecule has 0 aliphatic carbocycles. The zero-order chi connectivity index (χ0) is 17.2. The predicted molar refractivity (Wildman–Crippen MR) is 110 cm³/mol. The van der Waals surface area contributed by atoms with Crippen LogP contribution >= 0.6 is 23.1 Å². The number of benzene rings is 2. The average molecular weight is 492 g/mol. The number of thiazole rings is 1. The number of anilines is 1. The molecule has 2 heterocycles. The number of aromatic nitrogens is 1. The first-order chi connectivity index (χ1) is 12.3. The van der Waals surface area contributed by atoms with Crippen LogP contribution in [-0.2, 0) is 6.54 Å². The number of halogens is 1. The second-order valence-corrected chi connectivity index (χ2v) is 7.95. The van der Waals surface area contributed by atoms with Gasteiger partial charge in [0.1, 0.15) is 11.2 Å². The van der Waals surface area contributed by atoms with Crippen LogP contribution < -0.4 is 33.4 Å². The largest absolute Gasteiger partial charge is 1.00 e. The number of allylic oxidation sites excluding steroid dienone is 2. The predicted octanol–water partition coefficient (Wildman–Crippen LogP) is 2.70. The van der Waals surface area contributed by atoms with Gasteiger partial charge in [-0.3, -0.25) is 0 Å². The second kappa shape index (κ2) is 8.59. The average Bonchev–Trinajstić information content (AvgIpc) is 3.18. The van der Waals surface area contributed by atoms with E-state index in [4.69, 9.17) is 0 Å². The standard InChI is InChI=1S/C21H21N2S2.HI/c1-3-22-16-10-5-7-12-18(16)24-20(22)14-9-15-21-23(4-2)17-11-6-8-13-19(17)25-21;/h5-15H,3-4H2,1-2H3;1H/q+1;/p-1. The van der Waals surface area contributed by atoms with Crippen LogP contribution in [0.4, 0.5) is 5.69 Å². The van der Waals surface area contributed by atoms with Crippen molar-refractivity contribution in [2.45, 2.75) is 25.3 Å². The Morgan fingerprint density at radius 2 is 1.81 bits per heavy atom. The molecule has 0 saturated heterocycles. The highest BCUT2D eigenvalue weighted by Gasteiger charge is 2.22. The van der Waals surface area contributed by atoms with Gasteiger partial charge in [-0.05, 0) is 38.1 Å². The molecule has 0 N–H and O–H groups in total. The Morgan fingerprint density at radius 1 is 1.04 bits per heavy atom. The highest BCUT2D eigenvalue weighted by atomic mass is 127. The third kappa shape index (κ3) is 3.57. The van der Waals surface area contributed by atoms with Crippen molar-refractivity contribution in [1.82, 2.24) is 0 Å². The van der Waals surface area contributed by atoms with Gasteiger partial charge in [0, 0.05) is 23.6 Å². The highest BCUT2D eigenvalue weighted by molar-refractivity contribution is 8.03. The molecule has 2 aromatic carbocycles. The first-order valence-electron chi connectivity index (χ1n) is 8.66. The fourth-order valence-electron chi connectivity index (χ4n) is 3.22. The molecule has 0 spiro atoms. The van der Waals surface area contributed by atoms with E-state index in [-0.39, 0.29) is 24.0 Å². The van der Waals surface area contributed by atoms with Crippen molar-refractivity contribution in [2.24, 2.45) is 0 Å². The van der Waals surface area contributed by atoms with Crippen LogP contribution in [0.5, 0.6) is 0 Å². The van der Waals surface area contributed by atoms with Gasteiger partial charge in [0.2, 0.25) is 5.52 Å². The molecule has 0 saturated carbocycles. The smallest absolute Gasteiger partial charge is 0.262 e. The summed E-state index contributed by atoms with van der Waals surface area (Å²) >= 11 is 3.70. The lowest BCUT2D eigenvalue weighted by atomic mass is 10.3. The SMILES string of the molecule is CCN1/C(=C/C=Cc2sc3ccccc3[n+]2CC)Sc2ccccc21.[I-]. The Hall–Kier alpha value is -1.31. The molecule has 134 valence electrons. The van der Waals surface area contributed by atoms with E-state index in [2.05, 4.69) is 90.1 Å². The minimum Gasteiger partial charge on any atom is -1.00 e. The Labute approximate surface area is 180 Å². The number of hydrogen-bond acceptors (Lipinski definition) is 3. The number of para-hydroxylation sites is 2. The van der Waals surface area contributed by atoms with Crippen LogP contribution in [0.2, 0.25) is 0 Å². The van der Waals surface area contributed by atoms with E-state index in [1.54, 1.807) is 0 Å². The zero-order valence-corrected chi connectivity index (χ0v) is 18.6. The first kappa shape index (κ1) is 19.5. The van der Waals surface area contributed by atoms with Crippen LogP contribution in [0.25, 0.3) is 16.3 Å². The third-order valence-electron chi connectivity index (χ3n) is 4.38. The lowest BCUT2D eigenvalue weighted by molar-refractivity contribution is -0.665. The maximum absolute atomic E-state index is 2.38. The lowest BCUT2D eigenvalue weighted by Gasteiger charge is -2.17. The Morgan fingerprint density at radius 3 is 2.62 bits per heavy atom. The Balaban J connectivity index is 0.00000196. The van der Waals surface area contributed by atoms with E-state index in [0.717, 1.165) is 13.1 Å². The summed E-state index contributed by atoms with van der Waals surface area (Å²) in [5, 5.41) is 2.59. The molecule has 4 rings (SSSR count). The van der Waals surface area contributed by atoms with Gasteiger partial charge >= 0.3 is 0 Å². The van der Waals surface area contributed by atoms with Crippen molar-refractivity contribution in [3.63, 3.8) is 0 Å². The van der Waals surface area contributed by atoms with E-state index >= 15 is 0 Å². The number of thioether (sulfide) groups is 1. The normalized spacial score (nSPS) is 15.0. The van der Waals surface area contributed by atoms with E-state index in [1.807, 2.05) is 23.1 Å². The third-order valence-corrected chi connectivity index (χ3v) is 6.64. The van der Waals surface area contributed by atoms with Crippen LogP contribution in [0.3, 0.4) is 0 Å². The maximum Gasteiger partial charge on any atom is 0.262 e. The number of hydrogen-bond donors (Lipinski definition) is 0. The van der Waals surface area contributed by atoms with E-state index in [9.17, 15) is 0 Å². The molecule has 2 nitrogen and oxygen atoms in total. The van der Waals surface area contributed by atoms with Crippen LogP contribution in [0.15, 0.2) is 70.6 Å². The molecule has 1 aliphatic heterocycles. The van der Waals surface area contributed by atoms with Crippen molar-refractivity contribution in [2.75, 3.05) is 11.4 Å². The van der Waals surface area contributed by atoms with Gasteiger partial charge in [0.25, 0.3) is 5.01 Å². The van der Waals surface area contributed by atoms with Crippen LogP contribution in [-0.4, -0.2) is 6.54 Å². The van der Waals surface area contributed by atoms with Gasteiger partial charge in [-0.25, -0.2) is 0 Å². The van der Waals surface area contributed by atoms with E-state index in [0.29, 0.717) is 0 Å². The molecule has 0 bridgehead atoms. The van der Waals surface area contributed by atoms with Gasteiger partial charge in [-0.15, -0.1) is 0 Å². The van der Waals surface area contributed by atoms with E-state index < -0.39 is 0 Å². The van der Waals surface area contributed by atoms with Gasteiger partial charge < -0.3 is 28.9 Å². The summed E-state index contributed by atoms with van der Waals surface area (Å²) in [5.41, 5.74) is 2.64. The van der Waals surface area contributed by atoms with Gasteiger partial charge in [-0.2, -0.15) is 4.57 Å². The molecule has 1 aliphatic rings. The highest BCUT2D eigenvalue weighted by Crippen LogP contribution is 2.45. The molecule has 26 heavy (non-hydrogen) atoms. The van der Waals surface area contributed by atoms with Crippen molar-refractivity contribution in [3.05, 3.63) is 70.7 Å². The molecule has 3 aromatic rings. The Kier molecular flexibility index (Phi) is 6.42. The maximum atomic E-state index is 2.38. The molecule has 0 atom stereocenters. The minimum absolute atomic E-state index is 0. The minimum atomic E-state index is 0. The molecular formula is C21H21IN2S2. The second-order valence-electron chi connectivity index (χ2n) is 5.83. The van der Waals surface area contributed by atoms with Crippen LogP contribution in [0, 0.1) is 0 Å². The molecule has 0 unspecified atom stereocenters. The quantitative estimate of drug-likeness (QED) is 0.409. The summed E-state index contributed by atoms with van der Waals surface area (Å²) in [7, 11) is 0. The number of aryl methyl sites for hydroxylation is 1. The number of fused-ring (bicyclic) bond motifs is 2. The molecular weight excluding hydrogens is 471 g/mol. The fourth-order valence-corrected chi connectivity index (χ4v) is 5.50. The summed E-state index contributed by atoms with van der Waals surface area (Å²) in [6.45, 7) is 6.39.